The summed E-state index contributed by atoms with van der Waals surface area (Å²) >= 11 is 0. The predicted octanol–water partition coefficient (Wildman–Crippen LogP) is 5.99. The zero-order valence-corrected chi connectivity index (χ0v) is 18.4. The molecule has 5 nitrogen and oxygen atoms in total. The Kier molecular flexibility index (Phi) is 6.70. The lowest BCUT2D eigenvalue weighted by atomic mass is 9.96. The number of benzene rings is 2. The zero-order valence-electron chi connectivity index (χ0n) is 18.4. The Morgan fingerprint density at radius 2 is 1.71 bits per heavy atom. The van der Waals surface area contributed by atoms with Crippen LogP contribution in [0.25, 0.3) is 11.3 Å². The summed E-state index contributed by atoms with van der Waals surface area (Å²) in [6.45, 7) is 5.80. The van der Waals surface area contributed by atoms with E-state index >= 15 is 0 Å². The van der Waals surface area contributed by atoms with E-state index in [1.165, 1.54) is 0 Å². The molecular weight excluding hydrogens is 386 g/mol. The minimum absolute atomic E-state index is 0.0362. The molecule has 3 aromatic rings. The van der Waals surface area contributed by atoms with Crippen molar-refractivity contribution in [1.29, 1.82) is 0 Å². The molecule has 1 aliphatic rings. The molecule has 0 radical (unpaired) electrons. The van der Waals surface area contributed by atoms with Crippen molar-refractivity contribution in [3.8, 4) is 17.0 Å². The topological polar surface area (TPSA) is 58.2 Å². The van der Waals surface area contributed by atoms with E-state index in [1.807, 2.05) is 47.4 Å². The SMILES string of the molecule is CCCCCN1C(=O)c2[nH]nc(-c3ccccc3)c2C1c1ccc(OCCCC)cc1. The Balaban J connectivity index is 1.69. The Hall–Kier alpha value is -3.08. The van der Waals surface area contributed by atoms with E-state index in [2.05, 4.69) is 36.2 Å². The number of aromatic amines is 1. The molecule has 1 amide bonds. The number of carbonyl (C=O) groups excluding carboxylic acids is 1. The van der Waals surface area contributed by atoms with Crippen LogP contribution in [0, 0.1) is 0 Å². The van der Waals surface area contributed by atoms with Crippen LogP contribution in [-0.4, -0.2) is 34.2 Å². The van der Waals surface area contributed by atoms with Crippen LogP contribution in [0.2, 0.25) is 0 Å². The average Bonchev–Trinajstić information content (AvgIpc) is 3.35. The molecule has 2 heterocycles. The van der Waals surface area contributed by atoms with Crippen LogP contribution in [-0.2, 0) is 0 Å². The maximum Gasteiger partial charge on any atom is 0.273 e. The van der Waals surface area contributed by atoms with Gasteiger partial charge in [0, 0.05) is 17.7 Å². The third kappa shape index (κ3) is 4.36. The second-order valence-corrected chi connectivity index (χ2v) is 8.11. The van der Waals surface area contributed by atoms with E-state index in [1.54, 1.807) is 0 Å². The summed E-state index contributed by atoms with van der Waals surface area (Å²) in [5.41, 5.74) is 4.56. The largest absolute Gasteiger partial charge is 0.494 e. The van der Waals surface area contributed by atoms with Gasteiger partial charge in [-0.05, 0) is 30.5 Å². The number of ether oxygens (including phenoxy) is 1. The van der Waals surface area contributed by atoms with E-state index in [0.717, 1.165) is 73.4 Å². The lowest BCUT2D eigenvalue weighted by molar-refractivity contribution is 0.0740. The van der Waals surface area contributed by atoms with Crippen molar-refractivity contribution >= 4 is 5.91 Å². The van der Waals surface area contributed by atoms with Crippen molar-refractivity contribution in [3.05, 3.63) is 71.4 Å². The van der Waals surface area contributed by atoms with Gasteiger partial charge in [-0.25, -0.2) is 0 Å². The first-order valence-corrected chi connectivity index (χ1v) is 11.4. The van der Waals surface area contributed by atoms with Gasteiger partial charge in [-0.3, -0.25) is 9.89 Å². The van der Waals surface area contributed by atoms with Crippen molar-refractivity contribution in [3.63, 3.8) is 0 Å². The Labute approximate surface area is 184 Å². The van der Waals surface area contributed by atoms with Crippen LogP contribution in [0.4, 0.5) is 0 Å². The van der Waals surface area contributed by atoms with Gasteiger partial charge in [-0.15, -0.1) is 0 Å². The maximum atomic E-state index is 13.3. The highest BCUT2D eigenvalue weighted by Gasteiger charge is 2.41. The molecule has 0 saturated carbocycles. The molecule has 4 rings (SSSR count). The third-order valence-corrected chi connectivity index (χ3v) is 5.88. The minimum Gasteiger partial charge on any atom is -0.494 e. The number of aromatic nitrogens is 2. The number of unbranched alkanes of at least 4 members (excludes halogenated alkanes) is 3. The average molecular weight is 418 g/mol. The van der Waals surface area contributed by atoms with Gasteiger partial charge < -0.3 is 9.64 Å². The van der Waals surface area contributed by atoms with E-state index < -0.39 is 0 Å². The van der Waals surface area contributed by atoms with E-state index in [9.17, 15) is 4.79 Å². The summed E-state index contributed by atoms with van der Waals surface area (Å²) in [4.78, 5) is 15.3. The number of carbonyl (C=O) groups is 1. The summed E-state index contributed by atoms with van der Waals surface area (Å²) < 4.78 is 5.84. The minimum atomic E-state index is -0.141. The second-order valence-electron chi connectivity index (χ2n) is 8.11. The number of hydrogen-bond acceptors (Lipinski definition) is 3. The normalized spacial score (nSPS) is 15.4. The number of hydrogen-bond donors (Lipinski definition) is 1. The highest BCUT2D eigenvalue weighted by atomic mass is 16.5. The first-order chi connectivity index (χ1) is 15.2. The molecule has 162 valence electrons. The van der Waals surface area contributed by atoms with E-state index in [4.69, 9.17) is 4.74 Å². The number of fused-ring (bicyclic) bond motifs is 1. The fourth-order valence-electron chi connectivity index (χ4n) is 4.20. The standard InChI is InChI=1S/C26H31N3O2/c1-3-5-10-17-29-25(20-13-15-21(16-14-20)31-18-6-4-2)22-23(19-11-8-7-9-12-19)27-28-24(22)26(29)30/h7-9,11-16,25H,3-6,10,17-18H2,1-2H3,(H,27,28). The van der Waals surface area contributed by atoms with Gasteiger partial charge in [0.2, 0.25) is 0 Å². The zero-order chi connectivity index (χ0) is 21.6. The maximum absolute atomic E-state index is 13.3. The molecular formula is C26H31N3O2. The number of H-pyrrole nitrogens is 1. The van der Waals surface area contributed by atoms with Crippen molar-refractivity contribution < 1.29 is 9.53 Å². The molecule has 1 N–H and O–H groups in total. The smallest absolute Gasteiger partial charge is 0.273 e. The monoisotopic (exact) mass is 417 g/mol. The van der Waals surface area contributed by atoms with Crippen molar-refractivity contribution in [1.82, 2.24) is 15.1 Å². The molecule has 1 atom stereocenters. The molecule has 0 fully saturated rings. The highest BCUT2D eigenvalue weighted by Crippen LogP contribution is 2.43. The predicted molar refractivity (Wildman–Crippen MR) is 123 cm³/mol. The van der Waals surface area contributed by atoms with Crippen molar-refractivity contribution in [2.24, 2.45) is 0 Å². The van der Waals surface area contributed by atoms with Crippen LogP contribution in [0.5, 0.6) is 5.75 Å². The number of amides is 1. The summed E-state index contributed by atoms with van der Waals surface area (Å²) in [6, 6.07) is 18.1. The van der Waals surface area contributed by atoms with Gasteiger partial charge in [-0.1, -0.05) is 75.6 Å². The first-order valence-electron chi connectivity index (χ1n) is 11.4. The van der Waals surface area contributed by atoms with Gasteiger partial charge in [0.05, 0.1) is 18.3 Å². The number of nitrogens with zero attached hydrogens (tertiary/aromatic N) is 2. The lowest BCUT2D eigenvalue weighted by Gasteiger charge is -2.26. The fraction of sp³-hybridized carbons (Fsp3) is 0.385. The summed E-state index contributed by atoms with van der Waals surface area (Å²) in [5, 5.41) is 7.57. The lowest BCUT2D eigenvalue weighted by Crippen LogP contribution is -2.30. The molecule has 1 aromatic heterocycles. The molecule has 0 saturated heterocycles. The summed E-state index contributed by atoms with van der Waals surface area (Å²) in [7, 11) is 0. The molecule has 31 heavy (non-hydrogen) atoms. The second kappa shape index (κ2) is 9.82. The third-order valence-electron chi connectivity index (χ3n) is 5.88. The Morgan fingerprint density at radius 3 is 2.42 bits per heavy atom. The molecule has 5 heteroatoms. The van der Waals surface area contributed by atoms with Crippen LogP contribution >= 0.6 is 0 Å². The van der Waals surface area contributed by atoms with Gasteiger partial charge in [-0.2, -0.15) is 5.10 Å². The molecule has 1 aliphatic heterocycles. The summed E-state index contributed by atoms with van der Waals surface area (Å²) in [5.74, 6) is 0.906. The molecule has 1 unspecified atom stereocenters. The highest BCUT2D eigenvalue weighted by molar-refractivity contribution is 6.00. The fourth-order valence-corrected chi connectivity index (χ4v) is 4.20. The molecule has 2 aromatic carbocycles. The van der Waals surface area contributed by atoms with Gasteiger partial charge in [0.1, 0.15) is 11.4 Å². The molecule has 0 spiro atoms. The Bertz CT molecular complexity index is 995. The van der Waals surface area contributed by atoms with Crippen LogP contribution in [0.1, 0.15) is 73.6 Å². The van der Waals surface area contributed by atoms with Crippen LogP contribution in [0.15, 0.2) is 54.6 Å². The summed E-state index contributed by atoms with van der Waals surface area (Å²) in [6.07, 6.45) is 5.38. The first kappa shape index (κ1) is 21.2. The number of rotatable bonds is 10. The quantitative estimate of drug-likeness (QED) is 0.412. The Morgan fingerprint density at radius 1 is 0.968 bits per heavy atom. The molecule has 0 bridgehead atoms. The van der Waals surface area contributed by atoms with E-state index in [-0.39, 0.29) is 11.9 Å². The van der Waals surface area contributed by atoms with Gasteiger partial charge in [0.15, 0.2) is 0 Å². The van der Waals surface area contributed by atoms with Crippen molar-refractivity contribution in [2.75, 3.05) is 13.2 Å². The van der Waals surface area contributed by atoms with Crippen LogP contribution < -0.4 is 4.74 Å². The van der Waals surface area contributed by atoms with Gasteiger partial charge in [0.25, 0.3) is 5.91 Å². The van der Waals surface area contributed by atoms with Crippen LogP contribution in [0.3, 0.4) is 0 Å². The molecule has 0 aliphatic carbocycles. The van der Waals surface area contributed by atoms with Crippen molar-refractivity contribution in [2.45, 2.75) is 52.0 Å². The van der Waals surface area contributed by atoms with Gasteiger partial charge >= 0.3 is 0 Å². The van der Waals surface area contributed by atoms with E-state index in [0.29, 0.717) is 5.69 Å². The number of nitrogens with one attached hydrogen (secondary N) is 1.